The van der Waals surface area contributed by atoms with Crippen molar-refractivity contribution in [1.82, 2.24) is 4.90 Å². The van der Waals surface area contributed by atoms with Gasteiger partial charge >= 0.3 is 5.97 Å². The normalized spacial score (nSPS) is 16.7. The summed E-state index contributed by atoms with van der Waals surface area (Å²) in [6, 6.07) is 7.63. The molecule has 1 aromatic rings. The Morgan fingerprint density at radius 1 is 1.32 bits per heavy atom. The lowest BCUT2D eigenvalue weighted by molar-refractivity contribution is -0.138. The van der Waals surface area contributed by atoms with Gasteiger partial charge in [-0.1, -0.05) is 12.1 Å². The van der Waals surface area contributed by atoms with E-state index < -0.39 is 5.97 Å². The maximum absolute atomic E-state index is 12.4. The molecule has 0 N–H and O–H groups in total. The Kier molecular flexibility index (Phi) is 5.58. The summed E-state index contributed by atoms with van der Waals surface area (Å²) in [4.78, 5) is 25.7. The summed E-state index contributed by atoms with van der Waals surface area (Å²) < 4.78 is 10.00. The summed E-state index contributed by atoms with van der Waals surface area (Å²) in [5, 5.41) is 0. The minimum Gasteiger partial charge on any atom is -0.497 e. The lowest BCUT2D eigenvalue weighted by Crippen LogP contribution is -2.36. The molecule has 0 saturated carbocycles. The Hall–Kier alpha value is -2.30. The van der Waals surface area contributed by atoms with Gasteiger partial charge in [-0.15, -0.1) is 0 Å². The van der Waals surface area contributed by atoms with Crippen molar-refractivity contribution < 1.29 is 19.1 Å². The third-order valence-electron chi connectivity index (χ3n) is 3.55. The first-order valence-corrected chi connectivity index (χ1v) is 7.43. The van der Waals surface area contributed by atoms with Crippen LogP contribution in [0.3, 0.4) is 0 Å². The summed E-state index contributed by atoms with van der Waals surface area (Å²) in [5.41, 5.74) is 1.56. The number of ether oxygens (including phenoxy) is 2. The molecule has 0 radical (unpaired) electrons. The van der Waals surface area contributed by atoms with E-state index in [0.717, 1.165) is 17.7 Å². The molecule has 22 heavy (non-hydrogen) atoms. The second-order valence-electron chi connectivity index (χ2n) is 5.10. The fourth-order valence-corrected chi connectivity index (χ4v) is 2.43. The Bertz CT molecular complexity index is 563. The number of hydrogen-bond acceptors (Lipinski definition) is 4. The molecule has 1 heterocycles. The van der Waals surface area contributed by atoms with Crippen LogP contribution in [0.15, 0.2) is 35.9 Å². The Morgan fingerprint density at radius 3 is 2.68 bits per heavy atom. The van der Waals surface area contributed by atoms with Crippen LogP contribution in [0.5, 0.6) is 5.75 Å². The predicted molar refractivity (Wildman–Crippen MR) is 82.4 cm³/mol. The zero-order valence-electron chi connectivity index (χ0n) is 13.0. The zero-order chi connectivity index (χ0) is 15.9. The van der Waals surface area contributed by atoms with Gasteiger partial charge in [-0.3, -0.25) is 4.79 Å². The number of carbonyl (C=O) groups excluding carboxylic acids is 2. The van der Waals surface area contributed by atoms with Gasteiger partial charge in [0.15, 0.2) is 0 Å². The van der Waals surface area contributed by atoms with Gasteiger partial charge in [-0.05, 0) is 37.5 Å². The van der Waals surface area contributed by atoms with Crippen molar-refractivity contribution in [2.75, 3.05) is 20.3 Å². The highest BCUT2D eigenvalue weighted by Gasteiger charge is 2.24. The predicted octanol–water partition coefficient (Wildman–Crippen LogP) is 2.31. The Labute approximate surface area is 130 Å². The maximum Gasteiger partial charge on any atom is 0.331 e. The van der Waals surface area contributed by atoms with Crippen molar-refractivity contribution in [3.8, 4) is 5.75 Å². The van der Waals surface area contributed by atoms with Gasteiger partial charge in [0.2, 0.25) is 5.91 Å². The van der Waals surface area contributed by atoms with E-state index in [1.54, 1.807) is 18.9 Å². The average Bonchev–Trinajstić information content (AvgIpc) is 2.52. The van der Waals surface area contributed by atoms with Crippen molar-refractivity contribution in [3.63, 3.8) is 0 Å². The van der Waals surface area contributed by atoms with Crippen LogP contribution in [0, 0.1) is 0 Å². The van der Waals surface area contributed by atoms with Crippen LogP contribution < -0.4 is 4.74 Å². The van der Waals surface area contributed by atoms with E-state index in [9.17, 15) is 9.59 Å². The third-order valence-corrected chi connectivity index (χ3v) is 3.55. The number of carbonyl (C=O) groups is 2. The van der Waals surface area contributed by atoms with E-state index in [2.05, 4.69) is 0 Å². The first kappa shape index (κ1) is 16.1. The van der Waals surface area contributed by atoms with Gasteiger partial charge in [0.05, 0.1) is 13.7 Å². The second kappa shape index (κ2) is 7.64. The number of methoxy groups -OCH3 is 1. The zero-order valence-corrected chi connectivity index (χ0v) is 13.0. The largest absolute Gasteiger partial charge is 0.497 e. The van der Waals surface area contributed by atoms with Gasteiger partial charge in [0.1, 0.15) is 5.75 Å². The van der Waals surface area contributed by atoms with Crippen molar-refractivity contribution in [3.05, 3.63) is 41.5 Å². The summed E-state index contributed by atoms with van der Waals surface area (Å²) in [6.07, 6.45) is 2.80. The SMILES string of the molecule is CCOC(=O)/C=C1/CCCN(Cc2ccc(OC)cc2)C1=O. The smallest absolute Gasteiger partial charge is 0.331 e. The van der Waals surface area contributed by atoms with E-state index in [0.29, 0.717) is 31.7 Å². The third kappa shape index (κ3) is 4.10. The summed E-state index contributed by atoms with van der Waals surface area (Å²) in [5.74, 6) is 0.254. The minimum absolute atomic E-state index is 0.0879. The molecular weight excluding hydrogens is 282 g/mol. The van der Waals surface area contributed by atoms with Gasteiger partial charge < -0.3 is 14.4 Å². The number of esters is 1. The number of piperidine rings is 1. The molecule has 0 aromatic heterocycles. The molecule has 1 amide bonds. The van der Waals surface area contributed by atoms with Crippen LogP contribution in [-0.4, -0.2) is 37.0 Å². The number of likely N-dealkylation sites (tertiary alicyclic amines) is 1. The van der Waals surface area contributed by atoms with Crippen molar-refractivity contribution in [1.29, 1.82) is 0 Å². The van der Waals surface area contributed by atoms with Gasteiger partial charge in [0.25, 0.3) is 0 Å². The molecule has 1 aromatic carbocycles. The molecular formula is C17H21NO4. The van der Waals surface area contributed by atoms with Gasteiger partial charge in [-0.25, -0.2) is 4.79 Å². The van der Waals surface area contributed by atoms with Crippen molar-refractivity contribution in [2.45, 2.75) is 26.3 Å². The summed E-state index contributed by atoms with van der Waals surface area (Å²) in [6.45, 7) is 3.29. The molecule has 0 unspecified atom stereocenters. The average molecular weight is 303 g/mol. The van der Waals surface area contributed by atoms with Crippen molar-refractivity contribution in [2.24, 2.45) is 0 Å². The maximum atomic E-state index is 12.4. The van der Waals surface area contributed by atoms with E-state index in [4.69, 9.17) is 9.47 Å². The summed E-state index contributed by atoms with van der Waals surface area (Å²) in [7, 11) is 1.62. The lowest BCUT2D eigenvalue weighted by atomic mass is 10.0. The fraction of sp³-hybridized carbons (Fsp3) is 0.412. The lowest BCUT2D eigenvalue weighted by Gasteiger charge is -2.28. The number of amides is 1. The van der Waals surface area contributed by atoms with Crippen LogP contribution in [0.2, 0.25) is 0 Å². The number of hydrogen-bond donors (Lipinski definition) is 0. The van der Waals surface area contributed by atoms with Gasteiger partial charge in [-0.2, -0.15) is 0 Å². The molecule has 2 rings (SSSR count). The first-order chi connectivity index (χ1) is 10.6. The van der Waals surface area contributed by atoms with Gasteiger partial charge in [0, 0.05) is 24.7 Å². The second-order valence-corrected chi connectivity index (χ2v) is 5.10. The molecule has 0 spiro atoms. The van der Waals surface area contributed by atoms with E-state index in [1.807, 2.05) is 24.3 Å². The molecule has 1 saturated heterocycles. The quantitative estimate of drug-likeness (QED) is 0.619. The number of nitrogens with zero attached hydrogens (tertiary/aromatic N) is 1. The molecule has 1 aliphatic heterocycles. The van der Waals surface area contributed by atoms with Crippen LogP contribution in [0.1, 0.15) is 25.3 Å². The number of benzene rings is 1. The van der Waals surface area contributed by atoms with E-state index in [1.165, 1.54) is 6.08 Å². The van der Waals surface area contributed by atoms with Crippen LogP contribution in [0.4, 0.5) is 0 Å². The minimum atomic E-state index is -0.447. The first-order valence-electron chi connectivity index (χ1n) is 7.43. The Morgan fingerprint density at radius 2 is 2.05 bits per heavy atom. The van der Waals surface area contributed by atoms with Crippen molar-refractivity contribution >= 4 is 11.9 Å². The van der Waals surface area contributed by atoms with Crippen LogP contribution >= 0.6 is 0 Å². The molecule has 1 fully saturated rings. The highest BCUT2D eigenvalue weighted by atomic mass is 16.5. The summed E-state index contributed by atoms with van der Waals surface area (Å²) >= 11 is 0. The van der Waals surface area contributed by atoms with E-state index >= 15 is 0 Å². The standard InChI is InChI=1S/C17H21NO4/c1-3-22-16(19)11-14-5-4-10-18(17(14)20)12-13-6-8-15(21-2)9-7-13/h6-9,11H,3-5,10,12H2,1-2H3/b14-11-. The van der Waals surface area contributed by atoms with Crippen LogP contribution in [-0.2, 0) is 20.9 Å². The molecule has 5 nitrogen and oxygen atoms in total. The highest BCUT2D eigenvalue weighted by Crippen LogP contribution is 2.20. The molecule has 5 heteroatoms. The molecule has 0 aliphatic carbocycles. The molecule has 0 bridgehead atoms. The van der Waals surface area contributed by atoms with E-state index in [-0.39, 0.29) is 5.91 Å². The topological polar surface area (TPSA) is 55.8 Å². The number of rotatable bonds is 5. The Balaban J connectivity index is 2.04. The monoisotopic (exact) mass is 303 g/mol. The molecule has 0 atom stereocenters. The van der Waals surface area contributed by atoms with Crippen LogP contribution in [0.25, 0.3) is 0 Å². The molecule has 1 aliphatic rings. The highest BCUT2D eigenvalue weighted by molar-refractivity contribution is 5.99. The molecule has 118 valence electrons. The fourth-order valence-electron chi connectivity index (χ4n) is 2.43.